The van der Waals surface area contributed by atoms with Crippen LogP contribution < -0.4 is 0 Å². The molecule has 0 aliphatic rings. The average Bonchev–Trinajstić information content (AvgIpc) is 2.16. The topological polar surface area (TPSA) is 37.3 Å². The summed E-state index contributed by atoms with van der Waals surface area (Å²) in [5.41, 5.74) is 2.69. The maximum Gasteiger partial charge on any atom is 0.335 e. The number of rotatable bonds is 3. The van der Waals surface area contributed by atoms with Crippen molar-refractivity contribution in [3.05, 3.63) is 34.9 Å². The first-order valence-corrected chi connectivity index (χ1v) is 5.27. The Kier molecular flexibility index (Phi) is 3.51. The molecule has 2 heteroatoms. The van der Waals surface area contributed by atoms with Gasteiger partial charge in [-0.2, -0.15) is 0 Å². The maximum absolute atomic E-state index is 10.9. The standard InChI is InChI=1S/C13H18O2/c1-8(2)10(4)12-7-11(13(14)15)6-5-9(12)3/h5-8,10H,1-4H3,(H,14,15). The van der Waals surface area contributed by atoms with E-state index in [0.717, 1.165) is 5.56 Å². The van der Waals surface area contributed by atoms with Crippen molar-refractivity contribution < 1.29 is 9.90 Å². The summed E-state index contributed by atoms with van der Waals surface area (Å²) in [6.07, 6.45) is 0. The number of aryl methyl sites for hydroxylation is 1. The third kappa shape index (κ3) is 2.58. The highest BCUT2D eigenvalue weighted by molar-refractivity contribution is 5.87. The van der Waals surface area contributed by atoms with Crippen LogP contribution in [0.3, 0.4) is 0 Å². The van der Waals surface area contributed by atoms with Crippen LogP contribution >= 0.6 is 0 Å². The molecule has 1 aromatic carbocycles. The van der Waals surface area contributed by atoms with E-state index < -0.39 is 5.97 Å². The molecule has 0 amide bonds. The van der Waals surface area contributed by atoms with Crippen LogP contribution in [0.15, 0.2) is 18.2 Å². The summed E-state index contributed by atoms with van der Waals surface area (Å²) < 4.78 is 0. The zero-order chi connectivity index (χ0) is 11.6. The predicted octanol–water partition coefficient (Wildman–Crippen LogP) is 3.45. The van der Waals surface area contributed by atoms with E-state index in [0.29, 0.717) is 17.4 Å². The SMILES string of the molecule is Cc1ccc(C(=O)O)cc1C(C)C(C)C. The Labute approximate surface area is 90.9 Å². The van der Waals surface area contributed by atoms with Gasteiger partial charge in [0.15, 0.2) is 0 Å². The van der Waals surface area contributed by atoms with Crippen molar-refractivity contribution in [2.45, 2.75) is 33.6 Å². The molecule has 0 fully saturated rings. The first kappa shape index (κ1) is 11.8. The largest absolute Gasteiger partial charge is 0.478 e. The number of aromatic carboxylic acids is 1. The fourth-order valence-corrected chi connectivity index (χ4v) is 1.62. The maximum atomic E-state index is 10.9. The summed E-state index contributed by atoms with van der Waals surface area (Å²) in [7, 11) is 0. The fraction of sp³-hybridized carbons (Fsp3) is 0.462. The molecule has 0 heterocycles. The van der Waals surface area contributed by atoms with Gasteiger partial charge in [-0.25, -0.2) is 4.79 Å². The molecule has 1 N–H and O–H groups in total. The van der Waals surface area contributed by atoms with Gasteiger partial charge in [0, 0.05) is 0 Å². The Balaban J connectivity index is 3.16. The molecule has 0 saturated carbocycles. The molecule has 1 atom stereocenters. The number of benzene rings is 1. The van der Waals surface area contributed by atoms with Crippen LogP contribution in [0.25, 0.3) is 0 Å². The van der Waals surface area contributed by atoms with Gasteiger partial charge in [-0.15, -0.1) is 0 Å². The number of carbonyl (C=O) groups is 1. The molecular formula is C13H18O2. The molecule has 1 unspecified atom stereocenters. The lowest BCUT2D eigenvalue weighted by Crippen LogP contribution is -2.06. The van der Waals surface area contributed by atoms with Crippen LogP contribution in [0.2, 0.25) is 0 Å². The summed E-state index contributed by atoms with van der Waals surface area (Å²) in [5, 5.41) is 8.92. The van der Waals surface area contributed by atoms with Crippen LogP contribution in [0, 0.1) is 12.8 Å². The van der Waals surface area contributed by atoms with Gasteiger partial charge in [0.25, 0.3) is 0 Å². The molecule has 0 aromatic heterocycles. The summed E-state index contributed by atoms with van der Waals surface area (Å²) in [5.74, 6) is 0.0595. The number of carboxylic acid groups (broad SMARTS) is 1. The summed E-state index contributed by atoms with van der Waals surface area (Å²) in [6.45, 7) is 8.47. The van der Waals surface area contributed by atoms with Crippen LogP contribution in [0.4, 0.5) is 0 Å². The molecule has 0 aliphatic carbocycles. The van der Waals surface area contributed by atoms with Gasteiger partial charge >= 0.3 is 5.97 Å². The predicted molar refractivity (Wildman–Crippen MR) is 61.4 cm³/mol. The highest BCUT2D eigenvalue weighted by Gasteiger charge is 2.14. The molecule has 2 nitrogen and oxygen atoms in total. The van der Waals surface area contributed by atoms with Crippen molar-refractivity contribution in [2.75, 3.05) is 0 Å². The van der Waals surface area contributed by atoms with Gasteiger partial charge in [0.2, 0.25) is 0 Å². The monoisotopic (exact) mass is 206 g/mol. The third-order valence-corrected chi connectivity index (χ3v) is 3.02. The van der Waals surface area contributed by atoms with E-state index >= 15 is 0 Å². The Morgan fingerprint density at radius 1 is 1.27 bits per heavy atom. The molecule has 0 spiro atoms. The second kappa shape index (κ2) is 4.47. The van der Waals surface area contributed by atoms with Gasteiger partial charge in [0.1, 0.15) is 0 Å². The van der Waals surface area contributed by atoms with Crippen LogP contribution in [-0.2, 0) is 0 Å². The van der Waals surface area contributed by atoms with Crippen molar-refractivity contribution in [1.29, 1.82) is 0 Å². The lowest BCUT2D eigenvalue weighted by molar-refractivity contribution is 0.0696. The van der Waals surface area contributed by atoms with E-state index in [-0.39, 0.29) is 0 Å². The van der Waals surface area contributed by atoms with E-state index in [1.165, 1.54) is 5.56 Å². The zero-order valence-corrected chi connectivity index (χ0v) is 9.74. The quantitative estimate of drug-likeness (QED) is 0.822. The zero-order valence-electron chi connectivity index (χ0n) is 9.74. The first-order chi connectivity index (χ1) is 6.93. The van der Waals surface area contributed by atoms with Crippen molar-refractivity contribution in [3.8, 4) is 0 Å². The minimum Gasteiger partial charge on any atom is -0.478 e. The van der Waals surface area contributed by atoms with Gasteiger partial charge in [-0.05, 0) is 42.0 Å². The van der Waals surface area contributed by atoms with Crippen LogP contribution in [-0.4, -0.2) is 11.1 Å². The smallest absolute Gasteiger partial charge is 0.335 e. The molecule has 82 valence electrons. The second-order valence-corrected chi connectivity index (χ2v) is 4.41. The van der Waals surface area contributed by atoms with E-state index in [1.54, 1.807) is 12.1 Å². The molecule has 0 bridgehead atoms. The molecule has 0 radical (unpaired) electrons. The average molecular weight is 206 g/mol. The highest BCUT2D eigenvalue weighted by atomic mass is 16.4. The fourth-order valence-electron chi connectivity index (χ4n) is 1.62. The summed E-state index contributed by atoms with van der Waals surface area (Å²) in [6, 6.07) is 5.34. The normalized spacial score (nSPS) is 12.9. The second-order valence-electron chi connectivity index (χ2n) is 4.41. The van der Waals surface area contributed by atoms with Gasteiger partial charge < -0.3 is 5.11 Å². The number of hydrogen-bond acceptors (Lipinski definition) is 1. The minimum atomic E-state index is -0.854. The molecule has 0 saturated heterocycles. The summed E-state index contributed by atoms with van der Waals surface area (Å²) in [4.78, 5) is 10.9. The van der Waals surface area contributed by atoms with Gasteiger partial charge in [0.05, 0.1) is 5.56 Å². The van der Waals surface area contributed by atoms with E-state index in [2.05, 4.69) is 20.8 Å². The van der Waals surface area contributed by atoms with Gasteiger partial charge in [-0.1, -0.05) is 26.8 Å². The Bertz CT molecular complexity index is 367. The lowest BCUT2D eigenvalue weighted by Gasteiger charge is -2.18. The van der Waals surface area contributed by atoms with Crippen molar-refractivity contribution in [3.63, 3.8) is 0 Å². The Morgan fingerprint density at radius 2 is 1.87 bits per heavy atom. The van der Waals surface area contributed by atoms with Crippen LogP contribution in [0.5, 0.6) is 0 Å². The lowest BCUT2D eigenvalue weighted by atomic mass is 9.86. The number of carboxylic acids is 1. The number of hydrogen-bond donors (Lipinski definition) is 1. The van der Waals surface area contributed by atoms with E-state index in [4.69, 9.17) is 5.11 Å². The van der Waals surface area contributed by atoms with Crippen molar-refractivity contribution in [2.24, 2.45) is 5.92 Å². The van der Waals surface area contributed by atoms with Crippen molar-refractivity contribution >= 4 is 5.97 Å². The first-order valence-electron chi connectivity index (χ1n) is 5.27. The Hall–Kier alpha value is -1.31. The highest BCUT2D eigenvalue weighted by Crippen LogP contribution is 2.27. The molecular weight excluding hydrogens is 188 g/mol. The van der Waals surface area contributed by atoms with Gasteiger partial charge in [-0.3, -0.25) is 0 Å². The summed E-state index contributed by atoms with van der Waals surface area (Å²) >= 11 is 0. The molecule has 0 aliphatic heterocycles. The molecule has 1 rings (SSSR count). The Morgan fingerprint density at radius 3 is 2.33 bits per heavy atom. The van der Waals surface area contributed by atoms with Crippen LogP contribution in [0.1, 0.15) is 48.2 Å². The minimum absolute atomic E-state index is 0.378. The van der Waals surface area contributed by atoms with E-state index in [9.17, 15) is 4.79 Å². The molecule has 1 aromatic rings. The van der Waals surface area contributed by atoms with E-state index in [1.807, 2.05) is 13.0 Å². The third-order valence-electron chi connectivity index (χ3n) is 3.02. The molecule has 15 heavy (non-hydrogen) atoms. The van der Waals surface area contributed by atoms with Crippen molar-refractivity contribution in [1.82, 2.24) is 0 Å².